The molecule has 92 valence electrons. The Hall–Kier alpha value is -1.86. The molecule has 0 amide bonds. The van der Waals surface area contributed by atoms with Crippen LogP contribution >= 0.6 is 11.3 Å². The van der Waals surface area contributed by atoms with E-state index in [0.717, 1.165) is 12.8 Å². The van der Waals surface area contributed by atoms with E-state index >= 15 is 0 Å². The Morgan fingerprint density at radius 3 is 2.68 bits per heavy atom. The van der Waals surface area contributed by atoms with Gasteiger partial charge in [-0.25, -0.2) is 0 Å². The maximum absolute atomic E-state index is 2.27. The van der Waals surface area contributed by atoms with E-state index in [4.69, 9.17) is 0 Å². The number of hydrogen-bond donors (Lipinski definition) is 0. The molecule has 0 spiro atoms. The van der Waals surface area contributed by atoms with Gasteiger partial charge in [0.25, 0.3) is 0 Å². The zero-order valence-electron chi connectivity index (χ0n) is 10.6. The minimum Gasteiger partial charge on any atom is -0.135 e. The van der Waals surface area contributed by atoms with Gasteiger partial charge in [0.1, 0.15) is 0 Å². The van der Waals surface area contributed by atoms with Gasteiger partial charge in [0, 0.05) is 20.2 Å². The third-order valence-corrected chi connectivity index (χ3v) is 4.90. The average molecular weight is 262 g/mol. The van der Waals surface area contributed by atoms with Crippen LogP contribution in [0.1, 0.15) is 18.4 Å². The van der Waals surface area contributed by atoms with Crippen LogP contribution in [0, 0.1) is 0 Å². The lowest BCUT2D eigenvalue weighted by atomic mass is 9.94. The Morgan fingerprint density at radius 2 is 1.79 bits per heavy atom. The maximum Gasteiger partial charge on any atom is 0.0361 e. The Labute approximate surface area is 116 Å². The molecule has 3 aromatic rings. The van der Waals surface area contributed by atoms with Gasteiger partial charge in [-0.05, 0) is 36.1 Å². The summed E-state index contributed by atoms with van der Waals surface area (Å²) in [6.07, 6.45) is 9.01. The van der Waals surface area contributed by atoms with Crippen LogP contribution in [0.4, 0.5) is 0 Å². The second kappa shape index (κ2) is 4.36. The normalized spacial score (nSPS) is 15.1. The minimum absolute atomic E-state index is 1.15. The molecule has 0 nitrogen and oxygen atoms in total. The first-order chi connectivity index (χ1) is 9.43. The largest absolute Gasteiger partial charge is 0.135 e. The van der Waals surface area contributed by atoms with Crippen molar-refractivity contribution in [3.63, 3.8) is 0 Å². The summed E-state index contributed by atoms with van der Waals surface area (Å²) >= 11 is 1.89. The monoisotopic (exact) mass is 262 g/mol. The highest BCUT2D eigenvalue weighted by Crippen LogP contribution is 2.39. The molecule has 0 radical (unpaired) electrons. The highest BCUT2D eigenvalue weighted by molar-refractivity contribution is 7.25. The van der Waals surface area contributed by atoms with Crippen LogP contribution in [0.15, 0.2) is 60.7 Å². The summed E-state index contributed by atoms with van der Waals surface area (Å²) in [4.78, 5) is 0. The molecule has 19 heavy (non-hydrogen) atoms. The molecule has 0 unspecified atom stereocenters. The van der Waals surface area contributed by atoms with Crippen molar-refractivity contribution < 1.29 is 0 Å². The van der Waals surface area contributed by atoms with E-state index in [9.17, 15) is 0 Å². The van der Waals surface area contributed by atoms with Gasteiger partial charge in [0.05, 0.1) is 0 Å². The minimum atomic E-state index is 1.15. The lowest BCUT2D eigenvalue weighted by molar-refractivity contribution is 1.06. The standard InChI is InChI=1S/C18H14S/c1-2-7-13(8-3-1)14-10-6-12-17-18(14)15-9-4-5-11-16(15)19-17/h1-2,4-7,9-12H,3,8H2. The highest BCUT2D eigenvalue weighted by atomic mass is 32.1. The molecule has 0 fully saturated rings. The molecule has 0 atom stereocenters. The SMILES string of the molecule is C1=CCCC(c2cccc3sc4ccccc4c23)=C1. The molecular formula is C18H14S. The highest BCUT2D eigenvalue weighted by Gasteiger charge is 2.12. The van der Waals surface area contributed by atoms with Crippen molar-refractivity contribution in [3.8, 4) is 0 Å². The Bertz CT molecular complexity index is 818. The number of thiophene rings is 1. The number of rotatable bonds is 1. The van der Waals surface area contributed by atoms with Crippen molar-refractivity contribution in [3.05, 3.63) is 66.3 Å². The van der Waals surface area contributed by atoms with E-state index in [1.807, 2.05) is 11.3 Å². The molecular weight excluding hydrogens is 248 g/mol. The zero-order valence-corrected chi connectivity index (χ0v) is 11.4. The second-order valence-corrected chi connectivity index (χ2v) is 6.02. The smallest absolute Gasteiger partial charge is 0.0361 e. The Morgan fingerprint density at radius 1 is 0.895 bits per heavy atom. The molecule has 0 bridgehead atoms. The first kappa shape index (κ1) is 11.0. The van der Waals surface area contributed by atoms with E-state index in [2.05, 4.69) is 60.7 Å². The van der Waals surface area contributed by atoms with Gasteiger partial charge in [-0.1, -0.05) is 48.6 Å². The topological polar surface area (TPSA) is 0 Å². The molecule has 1 heteroatoms. The van der Waals surface area contributed by atoms with Crippen LogP contribution in [0.2, 0.25) is 0 Å². The third kappa shape index (κ3) is 1.73. The zero-order chi connectivity index (χ0) is 12.7. The van der Waals surface area contributed by atoms with E-state index in [1.165, 1.54) is 31.3 Å². The number of fused-ring (bicyclic) bond motifs is 3. The fourth-order valence-electron chi connectivity index (χ4n) is 2.87. The number of benzene rings is 2. The van der Waals surface area contributed by atoms with E-state index in [0.29, 0.717) is 0 Å². The Kier molecular flexibility index (Phi) is 2.52. The van der Waals surface area contributed by atoms with E-state index in [1.54, 1.807) is 0 Å². The number of allylic oxidation sites excluding steroid dienone is 4. The molecule has 0 aliphatic heterocycles. The van der Waals surface area contributed by atoms with Gasteiger partial charge in [0.2, 0.25) is 0 Å². The van der Waals surface area contributed by atoms with Gasteiger partial charge in [-0.2, -0.15) is 0 Å². The number of hydrogen-bond acceptors (Lipinski definition) is 1. The van der Waals surface area contributed by atoms with Crippen molar-refractivity contribution in [1.82, 2.24) is 0 Å². The fraction of sp³-hybridized carbons (Fsp3) is 0.111. The summed E-state index contributed by atoms with van der Waals surface area (Å²) in [6, 6.07) is 15.4. The van der Waals surface area contributed by atoms with Crippen molar-refractivity contribution in [2.75, 3.05) is 0 Å². The first-order valence-corrected chi connectivity index (χ1v) is 7.51. The molecule has 1 heterocycles. The first-order valence-electron chi connectivity index (χ1n) is 6.70. The van der Waals surface area contributed by atoms with Gasteiger partial charge in [0.15, 0.2) is 0 Å². The van der Waals surface area contributed by atoms with Crippen LogP contribution in [-0.4, -0.2) is 0 Å². The van der Waals surface area contributed by atoms with Crippen LogP contribution in [0.25, 0.3) is 25.7 Å². The second-order valence-electron chi connectivity index (χ2n) is 4.94. The Balaban J connectivity index is 2.10. The van der Waals surface area contributed by atoms with Gasteiger partial charge in [-0.3, -0.25) is 0 Å². The molecule has 1 aliphatic rings. The van der Waals surface area contributed by atoms with Crippen LogP contribution in [0.3, 0.4) is 0 Å². The maximum atomic E-state index is 2.27. The summed E-state index contributed by atoms with van der Waals surface area (Å²) in [5, 5.41) is 2.83. The predicted molar refractivity (Wildman–Crippen MR) is 85.7 cm³/mol. The van der Waals surface area contributed by atoms with Gasteiger partial charge < -0.3 is 0 Å². The third-order valence-electron chi connectivity index (χ3n) is 3.76. The van der Waals surface area contributed by atoms with Crippen molar-refractivity contribution in [2.45, 2.75) is 12.8 Å². The quantitative estimate of drug-likeness (QED) is 0.521. The van der Waals surface area contributed by atoms with E-state index in [-0.39, 0.29) is 0 Å². The molecule has 0 saturated carbocycles. The molecule has 1 aromatic heterocycles. The van der Waals surface area contributed by atoms with E-state index < -0.39 is 0 Å². The molecule has 1 aliphatic carbocycles. The van der Waals surface area contributed by atoms with Crippen molar-refractivity contribution >= 4 is 37.1 Å². The lowest BCUT2D eigenvalue weighted by Gasteiger charge is -2.11. The van der Waals surface area contributed by atoms with Crippen molar-refractivity contribution in [2.24, 2.45) is 0 Å². The summed E-state index contributed by atoms with van der Waals surface area (Å²) in [7, 11) is 0. The summed E-state index contributed by atoms with van der Waals surface area (Å²) in [5.74, 6) is 0. The van der Waals surface area contributed by atoms with Crippen LogP contribution in [0.5, 0.6) is 0 Å². The molecule has 0 saturated heterocycles. The predicted octanol–water partition coefficient (Wildman–Crippen LogP) is 5.79. The summed E-state index contributed by atoms with van der Waals surface area (Å²) < 4.78 is 2.78. The van der Waals surface area contributed by atoms with Crippen molar-refractivity contribution in [1.29, 1.82) is 0 Å². The van der Waals surface area contributed by atoms with Crippen LogP contribution in [-0.2, 0) is 0 Å². The summed E-state index contributed by atoms with van der Waals surface area (Å²) in [6.45, 7) is 0. The average Bonchev–Trinajstić information content (AvgIpc) is 2.86. The molecule has 0 N–H and O–H groups in total. The van der Waals surface area contributed by atoms with Gasteiger partial charge >= 0.3 is 0 Å². The van der Waals surface area contributed by atoms with Crippen LogP contribution < -0.4 is 0 Å². The molecule has 4 rings (SSSR count). The molecule has 2 aromatic carbocycles. The lowest BCUT2D eigenvalue weighted by Crippen LogP contribution is -1.88. The summed E-state index contributed by atoms with van der Waals surface area (Å²) in [5.41, 5.74) is 2.89. The fourth-order valence-corrected chi connectivity index (χ4v) is 4.00. The van der Waals surface area contributed by atoms with Gasteiger partial charge in [-0.15, -0.1) is 11.3 Å².